The van der Waals surface area contributed by atoms with E-state index in [1.54, 1.807) is 27.7 Å². The first-order valence-corrected chi connectivity index (χ1v) is 7.68. The highest BCUT2D eigenvalue weighted by Crippen LogP contribution is 2.35. The van der Waals surface area contributed by atoms with E-state index in [1.807, 2.05) is 0 Å². The van der Waals surface area contributed by atoms with Crippen molar-refractivity contribution in [2.75, 3.05) is 6.54 Å². The highest BCUT2D eigenvalue weighted by atomic mass is 19.1. The summed E-state index contributed by atoms with van der Waals surface area (Å²) in [6.07, 6.45) is -0.458. The van der Waals surface area contributed by atoms with Gasteiger partial charge < -0.3 is 9.47 Å². The lowest BCUT2D eigenvalue weighted by atomic mass is 9.90. The van der Waals surface area contributed by atoms with Crippen molar-refractivity contribution in [3.8, 4) is 0 Å². The van der Waals surface area contributed by atoms with Gasteiger partial charge >= 0.3 is 6.09 Å². The molecular weight excluding hydrogens is 333 g/mol. The number of carbonyl (C=O) groups excluding carboxylic acids is 1. The average molecular weight is 353 g/mol. The molecule has 25 heavy (non-hydrogen) atoms. The number of hydrogen-bond acceptors (Lipinski definition) is 6. The summed E-state index contributed by atoms with van der Waals surface area (Å²) in [5.74, 6) is -0.633. The Morgan fingerprint density at radius 3 is 2.76 bits per heavy atom. The largest absolute Gasteiger partial charge is 0.454 e. The zero-order valence-electron chi connectivity index (χ0n) is 14.5. The smallest absolute Gasteiger partial charge is 0.415 e. The van der Waals surface area contributed by atoms with Crippen LogP contribution in [0.3, 0.4) is 0 Å². The standard InChI is InChI=1S/C16H20FN3O5/c1-15(2,3)25-14(21)19-13-18-8-7-16(4,24-13)11-9-10(20(22)23)5-6-12(11)17/h5-6,9H,7-8H2,1-4H3,(H,18,19,21)/t16-/m0/s1. The van der Waals surface area contributed by atoms with Crippen LogP contribution in [-0.2, 0) is 15.1 Å². The maximum absolute atomic E-state index is 14.2. The van der Waals surface area contributed by atoms with Crippen LogP contribution in [0.2, 0.25) is 0 Å². The normalized spacial score (nSPS) is 20.3. The van der Waals surface area contributed by atoms with Crippen LogP contribution in [0, 0.1) is 15.9 Å². The SMILES string of the molecule is CC(C)(C)OC(=O)NC1=NCC[C@@](C)(c2cc([N+](=O)[O-])ccc2F)O1. The second-order valence-corrected chi connectivity index (χ2v) is 6.82. The molecule has 1 aliphatic rings. The highest BCUT2D eigenvalue weighted by Gasteiger charge is 2.37. The fourth-order valence-electron chi connectivity index (χ4n) is 2.35. The van der Waals surface area contributed by atoms with E-state index in [4.69, 9.17) is 9.47 Å². The van der Waals surface area contributed by atoms with Gasteiger partial charge in [0.25, 0.3) is 11.7 Å². The molecule has 136 valence electrons. The van der Waals surface area contributed by atoms with E-state index in [2.05, 4.69) is 10.3 Å². The number of ether oxygens (including phenoxy) is 2. The van der Waals surface area contributed by atoms with Gasteiger partial charge in [-0.3, -0.25) is 10.1 Å². The van der Waals surface area contributed by atoms with E-state index in [9.17, 15) is 19.3 Å². The Bertz CT molecular complexity index is 729. The van der Waals surface area contributed by atoms with Gasteiger partial charge in [0.15, 0.2) is 0 Å². The molecule has 1 aliphatic heterocycles. The van der Waals surface area contributed by atoms with Crippen molar-refractivity contribution in [1.29, 1.82) is 0 Å². The monoisotopic (exact) mass is 353 g/mol. The summed E-state index contributed by atoms with van der Waals surface area (Å²) in [7, 11) is 0. The molecule has 0 aromatic heterocycles. The summed E-state index contributed by atoms with van der Waals surface area (Å²) in [5.41, 5.74) is -2.12. The summed E-state index contributed by atoms with van der Waals surface area (Å²) in [5, 5.41) is 13.3. The van der Waals surface area contributed by atoms with Crippen LogP contribution < -0.4 is 5.32 Å². The number of benzene rings is 1. The fraction of sp³-hybridized carbons (Fsp3) is 0.500. The van der Waals surface area contributed by atoms with Gasteiger partial charge in [0.1, 0.15) is 17.0 Å². The van der Waals surface area contributed by atoms with E-state index in [0.29, 0.717) is 6.42 Å². The molecular formula is C16H20FN3O5. The molecule has 9 heteroatoms. The number of nitrogens with zero attached hydrogens (tertiary/aromatic N) is 2. The van der Waals surface area contributed by atoms with Crippen LogP contribution >= 0.6 is 0 Å². The van der Waals surface area contributed by atoms with Gasteiger partial charge in [-0.2, -0.15) is 0 Å². The first kappa shape index (κ1) is 18.6. The number of halogens is 1. The maximum atomic E-state index is 14.2. The molecule has 0 unspecified atom stereocenters. The Balaban J connectivity index is 2.21. The topological polar surface area (TPSA) is 103 Å². The third kappa shape index (κ3) is 4.65. The van der Waals surface area contributed by atoms with Crippen molar-refractivity contribution in [3.05, 3.63) is 39.7 Å². The quantitative estimate of drug-likeness (QED) is 0.649. The molecule has 1 amide bonds. The molecule has 0 fully saturated rings. The molecule has 2 rings (SSSR count). The third-order valence-electron chi connectivity index (χ3n) is 3.50. The lowest BCUT2D eigenvalue weighted by molar-refractivity contribution is -0.385. The molecule has 1 heterocycles. The number of nitro benzene ring substituents is 1. The second kappa shape index (κ2) is 6.66. The van der Waals surface area contributed by atoms with Crippen LogP contribution in [-0.4, -0.2) is 29.2 Å². The van der Waals surface area contributed by atoms with E-state index >= 15 is 0 Å². The molecule has 1 N–H and O–H groups in total. The molecule has 0 radical (unpaired) electrons. The number of carbonyl (C=O) groups is 1. The molecule has 8 nitrogen and oxygen atoms in total. The van der Waals surface area contributed by atoms with E-state index in [1.165, 1.54) is 0 Å². The number of nitrogens with one attached hydrogen (secondary N) is 1. The van der Waals surface area contributed by atoms with Crippen molar-refractivity contribution in [2.24, 2.45) is 4.99 Å². The first-order valence-electron chi connectivity index (χ1n) is 7.68. The molecule has 0 bridgehead atoms. The number of rotatable bonds is 2. The Labute approximate surface area is 144 Å². The molecule has 1 atom stereocenters. The second-order valence-electron chi connectivity index (χ2n) is 6.82. The predicted molar refractivity (Wildman–Crippen MR) is 87.8 cm³/mol. The minimum absolute atomic E-state index is 0.0279. The third-order valence-corrected chi connectivity index (χ3v) is 3.50. The summed E-state index contributed by atoms with van der Waals surface area (Å²) < 4.78 is 25.0. The Morgan fingerprint density at radius 1 is 1.48 bits per heavy atom. The first-order chi connectivity index (χ1) is 11.5. The van der Waals surface area contributed by atoms with Crippen molar-refractivity contribution in [1.82, 2.24) is 5.32 Å². The minimum atomic E-state index is -1.21. The number of alkyl carbamates (subject to hydrolysis) is 1. The van der Waals surface area contributed by atoms with Crippen molar-refractivity contribution in [2.45, 2.75) is 45.3 Å². The van der Waals surface area contributed by atoms with Crippen molar-refractivity contribution in [3.63, 3.8) is 0 Å². The van der Waals surface area contributed by atoms with Crippen LogP contribution in [0.4, 0.5) is 14.9 Å². The summed E-state index contributed by atoms with van der Waals surface area (Å²) in [4.78, 5) is 26.2. The van der Waals surface area contributed by atoms with Gasteiger partial charge in [-0.1, -0.05) is 0 Å². The van der Waals surface area contributed by atoms with Gasteiger partial charge in [0.05, 0.1) is 4.92 Å². The number of amides is 1. The van der Waals surface area contributed by atoms with Crippen molar-refractivity contribution >= 4 is 17.8 Å². The predicted octanol–water partition coefficient (Wildman–Crippen LogP) is 3.25. The van der Waals surface area contributed by atoms with Crippen LogP contribution in [0.15, 0.2) is 23.2 Å². The van der Waals surface area contributed by atoms with Crippen LogP contribution in [0.25, 0.3) is 0 Å². The van der Waals surface area contributed by atoms with Gasteiger partial charge in [-0.25, -0.2) is 19.5 Å². The summed E-state index contributed by atoms with van der Waals surface area (Å²) >= 11 is 0. The Morgan fingerprint density at radius 2 is 2.16 bits per heavy atom. The van der Waals surface area contributed by atoms with E-state index in [-0.39, 0.29) is 23.8 Å². The number of aliphatic imine (C=N–C) groups is 1. The number of nitro groups is 1. The molecule has 1 aromatic rings. The molecule has 0 aliphatic carbocycles. The Hall–Kier alpha value is -2.71. The number of non-ortho nitro benzene ring substituents is 1. The van der Waals surface area contributed by atoms with Crippen LogP contribution in [0.1, 0.15) is 39.7 Å². The lowest BCUT2D eigenvalue weighted by Gasteiger charge is -2.34. The minimum Gasteiger partial charge on any atom is -0.454 e. The van der Waals surface area contributed by atoms with Crippen LogP contribution in [0.5, 0.6) is 0 Å². The molecule has 0 saturated heterocycles. The summed E-state index contributed by atoms with van der Waals surface area (Å²) in [6, 6.07) is 3.12. The van der Waals surface area contributed by atoms with Gasteiger partial charge in [-0.15, -0.1) is 0 Å². The number of hydrogen-bond donors (Lipinski definition) is 1. The highest BCUT2D eigenvalue weighted by molar-refractivity contribution is 5.91. The lowest BCUT2D eigenvalue weighted by Crippen LogP contribution is -2.44. The molecule has 0 saturated carbocycles. The van der Waals surface area contributed by atoms with Crippen molar-refractivity contribution < 1.29 is 23.6 Å². The number of amidine groups is 1. The maximum Gasteiger partial charge on any atom is 0.415 e. The van der Waals surface area contributed by atoms with Gasteiger partial charge in [0, 0.05) is 30.7 Å². The Kier molecular flexibility index (Phi) is 4.96. The molecule has 1 aromatic carbocycles. The van der Waals surface area contributed by atoms with Gasteiger partial charge in [-0.05, 0) is 33.8 Å². The zero-order valence-corrected chi connectivity index (χ0v) is 14.5. The van der Waals surface area contributed by atoms with E-state index in [0.717, 1.165) is 18.2 Å². The fourth-order valence-corrected chi connectivity index (χ4v) is 2.35. The summed E-state index contributed by atoms with van der Waals surface area (Å²) in [6.45, 7) is 6.96. The average Bonchev–Trinajstić information content (AvgIpc) is 2.45. The zero-order chi connectivity index (χ0) is 18.8. The van der Waals surface area contributed by atoms with Gasteiger partial charge in [0.2, 0.25) is 0 Å². The van der Waals surface area contributed by atoms with E-state index < -0.39 is 28.0 Å². The molecule has 0 spiro atoms.